The van der Waals surface area contributed by atoms with Crippen molar-refractivity contribution in [1.29, 1.82) is 0 Å². The van der Waals surface area contributed by atoms with Gasteiger partial charge in [-0.2, -0.15) is 15.4 Å². The van der Waals surface area contributed by atoms with E-state index in [1.807, 2.05) is 0 Å². The molecule has 1 heterocycles. The third-order valence-corrected chi connectivity index (χ3v) is 10.8. The minimum absolute atomic E-state index is 0.00334. The number of carbonyl (C=O) groups is 9. The van der Waals surface area contributed by atoms with Gasteiger partial charge >= 0.3 is 0 Å². The SMILES string of the molecule is NC(=O)[C@H](CCCN=C(N)N)NC(=O)[C@H](CCCN=C(N)N)NC(=O)[C@H](CCCN=C(N)N)NC(=O)[C@H](CCCN=C(N)N)NC(=O)[C@H](CCCN=C(N)N)NC(=O)CNC(=O)CNC(=O)CNC(=O)c1ccc2n[nH]nc2c1. The lowest BCUT2D eigenvalue weighted by Gasteiger charge is -2.27. The molecule has 0 fully saturated rings. The minimum atomic E-state index is -1.44. The highest BCUT2D eigenvalue weighted by Gasteiger charge is 2.32. The molecule has 2 aromatic rings. The average Bonchev–Trinajstić information content (AvgIpc) is 3.86. The number of hydrogen-bond acceptors (Lipinski definition) is 16. The normalized spacial score (nSPS) is 12.5. The number of H-pyrrole nitrogens is 1. The summed E-state index contributed by atoms with van der Waals surface area (Å²) in [5, 5.41) is 30.1. The third-order valence-electron chi connectivity index (χ3n) is 10.8. The molecule has 0 bridgehead atoms. The number of benzene rings is 1. The Kier molecular flexibility index (Phi) is 29.3. The number of rotatable bonds is 37. The van der Waals surface area contributed by atoms with E-state index in [2.05, 4.69) is 82.9 Å². The molecule has 0 radical (unpaired) electrons. The van der Waals surface area contributed by atoms with Gasteiger partial charge in [-0.05, 0) is 82.4 Å². The van der Waals surface area contributed by atoms with Crippen molar-refractivity contribution in [2.24, 2.45) is 88.0 Å². The first-order chi connectivity index (χ1) is 37.4. The van der Waals surface area contributed by atoms with Gasteiger partial charge in [-0.1, -0.05) is 0 Å². The Morgan fingerprint density at radius 2 is 0.722 bits per heavy atom. The summed E-state index contributed by atoms with van der Waals surface area (Å²) in [6.45, 7) is -1.58. The Bertz CT molecular complexity index is 2530. The summed E-state index contributed by atoms with van der Waals surface area (Å²) in [4.78, 5) is 139. The van der Waals surface area contributed by atoms with E-state index < -0.39 is 103 Å². The van der Waals surface area contributed by atoms with E-state index >= 15 is 0 Å². The number of aromatic nitrogens is 3. The van der Waals surface area contributed by atoms with E-state index in [0.29, 0.717) is 11.0 Å². The predicted molar refractivity (Wildman–Crippen MR) is 291 cm³/mol. The van der Waals surface area contributed by atoms with Crippen molar-refractivity contribution in [3.05, 3.63) is 23.8 Å². The van der Waals surface area contributed by atoms with Gasteiger partial charge in [0.1, 0.15) is 41.2 Å². The maximum atomic E-state index is 14.3. The first-order valence-corrected chi connectivity index (χ1v) is 24.6. The van der Waals surface area contributed by atoms with E-state index in [1.54, 1.807) is 6.07 Å². The third kappa shape index (κ3) is 28.1. The molecule has 5 atom stereocenters. The van der Waals surface area contributed by atoms with Crippen LogP contribution in [0.25, 0.3) is 11.0 Å². The first kappa shape index (κ1) is 65.3. The van der Waals surface area contributed by atoms with Crippen LogP contribution in [0.15, 0.2) is 43.2 Å². The van der Waals surface area contributed by atoms with Crippen LogP contribution >= 0.6 is 0 Å². The zero-order valence-corrected chi connectivity index (χ0v) is 43.5. The Balaban J connectivity index is 2.31. The Hall–Kier alpha value is -9.80. The van der Waals surface area contributed by atoms with Crippen LogP contribution in [0.1, 0.15) is 74.6 Å². The number of aromatic amines is 1. The summed E-state index contributed by atoms with van der Waals surface area (Å²) >= 11 is 0. The van der Waals surface area contributed by atoms with Crippen LogP contribution < -0.4 is 106 Å². The van der Waals surface area contributed by atoms with Gasteiger partial charge in [0.25, 0.3) is 5.91 Å². The summed E-state index contributed by atoms with van der Waals surface area (Å²) in [5.74, 6) is -8.55. The highest BCUT2D eigenvalue weighted by Crippen LogP contribution is 2.11. The van der Waals surface area contributed by atoms with Gasteiger partial charge in [0.2, 0.25) is 47.3 Å². The lowest BCUT2D eigenvalue weighted by atomic mass is 10.0. The van der Waals surface area contributed by atoms with Gasteiger partial charge in [-0.15, -0.1) is 0 Å². The Morgan fingerprint density at radius 1 is 0.405 bits per heavy atom. The molecule has 1 aromatic heterocycles. The minimum Gasteiger partial charge on any atom is -0.370 e. The number of hydrogen-bond donors (Lipinski definition) is 20. The van der Waals surface area contributed by atoms with Crippen molar-refractivity contribution < 1.29 is 43.2 Å². The number of aliphatic imine (C=N–C) groups is 5. The van der Waals surface area contributed by atoms with Crippen LogP contribution in [-0.4, -0.2) is 181 Å². The molecule has 9 amide bonds. The van der Waals surface area contributed by atoms with Gasteiger partial charge in [-0.25, -0.2) is 0 Å². The van der Waals surface area contributed by atoms with Gasteiger partial charge in [0.15, 0.2) is 29.8 Å². The van der Waals surface area contributed by atoms with Crippen LogP contribution in [-0.2, 0) is 38.4 Å². The van der Waals surface area contributed by atoms with Crippen LogP contribution in [0.3, 0.4) is 0 Å². The second kappa shape index (κ2) is 35.5. The maximum absolute atomic E-state index is 14.3. The fraction of sp³-hybridized carbons (Fsp3) is 0.535. The predicted octanol–water partition coefficient (Wildman–Crippen LogP) is -9.90. The number of guanidine groups is 5. The number of primary amides is 1. The maximum Gasteiger partial charge on any atom is 0.251 e. The van der Waals surface area contributed by atoms with E-state index in [9.17, 15) is 43.2 Å². The summed E-state index contributed by atoms with van der Waals surface area (Å²) in [6.07, 6.45) is 0.299. The number of fused-ring (bicyclic) bond motifs is 1. The zero-order chi connectivity index (χ0) is 58.9. The van der Waals surface area contributed by atoms with Gasteiger partial charge in [-0.3, -0.25) is 68.1 Å². The summed E-state index contributed by atoms with van der Waals surface area (Å²) in [7, 11) is 0. The number of carbonyl (C=O) groups excluding carboxylic acids is 9. The van der Waals surface area contributed by atoms with Crippen LogP contribution in [0, 0.1) is 0 Å². The molecular weight excluding hydrogens is 1040 g/mol. The lowest BCUT2D eigenvalue weighted by Crippen LogP contribution is -2.59. The molecule has 1 aromatic carbocycles. The summed E-state index contributed by atoms with van der Waals surface area (Å²) < 4.78 is 0. The zero-order valence-electron chi connectivity index (χ0n) is 43.5. The molecule has 0 aliphatic rings. The smallest absolute Gasteiger partial charge is 0.251 e. The monoisotopic (exact) mass is 1110 g/mol. The van der Waals surface area contributed by atoms with Crippen LogP contribution in [0.2, 0.25) is 0 Å². The molecule has 0 aliphatic heterocycles. The van der Waals surface area contributed by atoms with Crippen molar-refractivity contribution in [2.45, 2.75) is 94.4 Å². The Labute approximate surface area is 452 Å². The molecule has 0 saturated heterocycles. The van der Waals surface area contributed by atoms with Gasteiger partial charge in [0.05, 0.1) is 19.6 Å². The van der Waals surface area contributed by atoms with Crippen molar-refractivity contribution >= 4 is 94.0 Å². The first-order valence-electron chi connectivity index (χ1n) is 24.6. The topological polar surface area (TPSA) is 639 Å². The Morgan fingerprint density at radius 3 is 1.09 bits per heavy atom. The standard InChI is InChI=1S/C43H75N27O9/c44-33(74)24(6-1-13-55-39(45)46)64-36(77)26(8-3-15-57-41(49)50)66-38(79)28(10-5-17-59-43(53)54)67-37(78)27(9-4-16-58-42(51)52)65-35(76)25(7-2-14-56-40(47)48)63-32(73)21-61-30(71)19-60-31(72)20-62-34(75)22-11-12-23-29(18-22)69-70-68-23/h11-12,18,24-28H,1-10,13-17,19-21H2,(H2,44,74)(H,60,72)(H,61,71)(H,62,75)(H,63,73)(H,64,77)(H,65,76)(H,66,79)(H,67,78)(H4,45,46,55)(H4,47,48,56)(H4,49,50,57)(H4,51,52,58)(H4,53,54,59)(H,68,69,70)/t24-,25-,26-,27-,28-/m0/s1. The van der Waals surface area contributed by atoms with Crippen molar-refractivity contribution in [2.75, 3.05) is 52.4 Å². The lowest BCUT2D eigenvalue weighted by molar-refractivity contribution is -0.135. The largest absolute Gasteiger partial charge is 0.370 e. The fourth-order valence-electron chi connectivity index (χ4n) is 6.94. The van der Waals surface area contributed by atoms with Crippen LogP contribution in [0.4, 0.5) is 0 Å². The molecule has 0 unspecified atom stereocenters. The molecule has 79 heavy (non-hydrogen) atoms. The quantitative estimate of drug-likeness (QED) is 0.0170. The molecule has 0 aliphatic carbocycles. The second-order valence-corrected chi connectivity index (χ2v) is 17.3. The fourth-order valence-corrected chi connectivity index (χ4v) is 6.94. The van der Waals surface area contributed by atoms with Crippen molar-refractivity contribution in [1.82, 2.24) is 57.9 Å². The highest BCUT2D eigenvalue weighted by molar-refractivity contribution is 6.00. The van der Waals surface area contributed by atoms with Crippen molar-refractivity contribution in [3.8, 4) is 0 Å². The molecule has 0 spiro atoms. The van der Waals surface area contributed by atoms with E-state index in [0.717, 1.165) is 0 Å². The summed E-state index contributed by atoms with van der Waals surface area (Å²) in [6, 6.07) is -2.30. The van der Waals surface area contributed by atoms with Crippen molar-refractivity contribution in [3.63, 3.8) is 0 Å². The van der Waals surface area contributed by atoms with Gasteiger partial charge in [0, 0.05) is 38.3 Å². The summed E-state index contributed by atoms with van der Waals surface area (Å²) in [5.41, 5.74) is 61.4. The molecule has 2 rings (SSSR count). The highest BCUT2D eigenvalue weighted by atomic mass is 16.2. The number of amides is 9. The average molecular weight is 1110 g/mol. The molecule has 36 nitrogen and oxygen atoms in total. The number of nitrogens with one attached hydrogen (secondary N) is 9. The van der Waals surface area contributed by atoms with E-state index in [-0.39, 0.29) is 132 Å². The van der Waals surface area contributed by atoms with Crippen LogP contribution in [0.5, 0.6) is 0 Å². The second-order valence-electron chi connectivity index (χ2n) is 17.3. The van der Waals surface area contributed by atoms with E-state index in [1.165, 1.54) is 12.1 Å². The number of nitrogens with two attached hydrogens (primary N) is 11. The molecule has 31 N–H and O–H groups in total. The molecular formula is C43H75N27O9. The molecule has 0 saturated carbocycles. The van der Waals surface area contributed by atoms with E-state index in [4.69, 9.17) is 63.1 Å². The van der Waals surface area contributed by atoms with Gasteiger partial charge < -0.3 is 106 Å². The number of nitrogens with zero attached hydrogens (tertiary/aromatic N) is 7. The molecule has 436 valence electrons. The molecule has 36 heteroatoms.